The number of carbonyl (C=O) groups is 1. The van der Waals surface area contributed by atoms with Crippen LogP contribution in [0.25, 0.3) is 0 Å². The van der Waals surface area contributed by atoms with Crippen molar-refractivity contribution < 1.29 is 9.90 Å². The number of piperidine rings is 1. The molecule has 1 amide bonds. The van der Waals surface area contributed by atoms with Gasteiger partial charge in [0.25, 0.3) is 0 Å². The van der Waals surface area contributed by atoms with Gasteiger partial charge in [-0.1, -0.05) is 0 Å². The van der Waals surface area contributed by atoms with Crippen LogP contribution in [0.1, 0.15) is 28.4 Å². The maximum atomic E-state index is 12.1. The molecule has 0 aliphatic carbocycles. The zero-order valence-electron chi connectivity index (χ0n) is 13.1. The molecule has 1 aliphatic rings. The van der Waals surface area contributed by atoms with E-state index in [1.54, 1.807) is 11.3 Å². The Kier molecular flexibility index (Phi) is 5.72. The second-order valence-corrected chi connectivity index (χ2v) is 7.16. The molecule has 0 unspecified atom stereocenters. The van der Waals surface area contributed by atoms with Crippen LogP contribution in [-0.2, 0) is 11.2 Å². The molecular formula is C15H25N3O2S. The number of nitrogens with zero attached hydrogens (tertiary/aromatic N) is 2. The van der Waals surface area contributed by atoms with Crippen molar-refractivity contribution in [3.63, 3.8) is 0 Å². The van der Waals surface area contributed by atoms with E-state index in [4.69, 9.17) is 0 Å². The van der Waals surface area contributed by atoms with E-state index in [9.17, 15) is 9.90 Å². The van der Waals surface area contributed by atoms with Gasteiger partial charge in [-0.2, -0.15) is 0 Å². The van der Waals surface area contributed by atoms with Gasteiger partial charge in [-0.05, 0) is 33.7 Å². The molecule has 0 spiro atoms. The van der Waals surface area contributed by atoms with E-state index in [1.807, 2.05) is 14.0 Å². The summed E-state index contributed by atoms with van der Waals surface area (Å²) in [5.41, 5.74) is 1.10. The topological polar surface area (TPSA) is 65.5 Å². The number of aliphatic hydroxyl groups excluding tert-OH is 1. The van der Waals surface area contributed by atoms with Crippen molar-refractivity contribution in [1.29, 1.82) is 0 Å². The second kappa shape index (κ2) is 7.33. The molecule has 2 atom stereocenters. The van der Waals surface area contributed by atoms with Crippen molar-refractivity contribution in [2.45, 2.75) is 39.2 Å². The number of aliphatic hydroxyl groups is 1. The number of likely N-dealkylation sites (tertiary alicyclic amines) is 1. The summed E-state index contributed by atoms with van der Waals surface area (Å²) < 4.78 is 0. The van der Waals surface area contributed by atoms with Gasteiger partial charge in [0.05, 0.1) is 22.7 Å². The minimum Gasteiger partial charge on any atom is -0.392 e. The first-order chi connectivity index (χ1) is 9.97. The van der Waals surface area contributed by atoms with Gasteiger partial charge < -0.3 is 15.3 Å². The van der Waals surface area contributed by atoms with Crippen molar-refractivity contribution in [1.82, 2.24) is 15.2 Å². The molecule has 1 aromatic rings. The average molecular weight is 311 g/mol. The SMILES string of the molecule is Cc1nc(CCCNC(=O)[C@@H]2CN(C)CC[C@H]2O)sc1C. The monoisotopic (exact) mass is 311 g/mol. The third-order valence-corrected chi connectivity index (χ3v) is 5.19. The zero-order valence-corrected chi connectivity index (χ0v) is 13.9. The quantitative estimate of drug-likeness (QED) is 0.800. The van der Waals surface area contributed by atoms with Crippen LogP contribution in [0, 0.1) is 19.8 Å². The third kappa shape index (κ3) is 4.49. The highest BCUT2D eigenvalue weighted by molar-refractivity contribution is 7.11. The summed E-state index contributed by atoms with van der Waals surface area (Å²) in [5, 5.41) is 14.0. The van der Waals surface area contributed by atoms with E-state index >= 15 is 0 Å². The van der Waals surface area contributed by atoms with Crippen LogP contribution in [0.4, 0.5) is 0 Å². The van der Waals surface area contributed by atoms with Gasteiger partial charge in [0.15, 0.2) is 0 Å². The largest absolute Gasteiger partial charge is 0.392 e. The molecule has 0 bridgehead atoms. The van der Waals surface area contributed by atoms with Crippen molar-refractivity contribution in [3.8, 4) is 0 Å². The Balaban J connectivity index is 1.71. The van der Waals surface area contributed by atoms with Crippen LogP contribution in [0.15, 0.2) is 0 Å². The highest BCUT2D eigenvalue weighted by Gasteiger charge is 2.31. The molecule has 118 valence electrons. The maximum absolute atomic E-state index is 12.1. The van der Waals surface area contributed by atoms with Crippen LogP contribution in [0.5, 0.6) is 0 Å². The van der Waals surface area contributed by atoms with E-state index in [0.29, 0.717) is 19.5 Å². The lowest BCUT2D eigenvalue weighted by atomic mass is 9.94. The molecule has 0 radical (unpaired) electrons. The summed E-state index contributed by atoms with van der Waals surface area (Å²) in [4.78, 5) is 20.0. The second-order valence-electron chi connectivity index (χ2n) is 5.87. The minimum absolute atomic E-state index is 0.0273. The lowest BCUT2D eigenvalue weighted by Crippen LogP contribution is -2.48. The number of aromatic nitrogens is 1. The smallest absolute Gasteiger partial charge is 0.227 e. The average Bonchev–Trinajstić information content (AvgIpc) is 2.76. The molecule has 1 fully saturated rings. The molecule has 2 heterocycles. The Morgan fingerprint density at radius 1 is 1.52 bits per heavy atom. The standard InChI is InChI=1S/C15H25N3O2S/c1-10-11(2)21-14(17-10)5-4-7-16-15(20)12-9-18(3)8-6-13(12)19/h12-13,19H,4-9H2,1-3H3,(H,16,20)/t12-,13-/m1/s1. The zero-order chi connectivity index (χ0) is 15.4. The predicted octanol–water partition coefficient (Wildman–Crippen LogP) is 1.12. The number of rotatable bonds is 5. The van der Waals surface area contributed by atoms with Crippen molar-refractivity contribution in [2.24, 2.45) is 5.92 Å². The summed E-state index contributed by atoms with van der Waals surface area (Å²) in [6.07, 6.45) is 1.95. The normalized spacial score (nSPS) is 23.2. The fraction of sp³-hybridized carbons (Fsp3) is 0.733. The fourth-order valence-electron chi connectivity index (χ4n) is 2.59. The number of carbonyl (C=O) groups excluding carboxylic acids is 1. The van der Waals surface area contributed by atoms with Crippen LogP contribution in [-0.4, -0.2) is 53.7 Å². The van der Waals surface area contributed by atoms with Crippen LogP contribution >= 0.6 is 11.3 Å². The van der Waals surface area contributed by atoms with E-state index < -0.39 is 6.10 Å². The number of hydrogen-bond acceptors (Lipinski definition) is 5. The molecule has 6 heteroatoms. The maximum Gasteiger partial charge on any atom is 0.227 e. The number of nitrogens with one attached hydrogen (secondary N) is 1. The van der Waals surface area contributed by atoms with Gasteiger partial charge in [0.2, 0.25) is 5.91 Å². The summed E-state index contributed by atoms with van der Waals surface area (Å²) in [6, 6.07) is 0. The van der Waals surface area contributed by atoms with Crippen LogP contribution in [0.3, 0.4) is 0 Å². The van der Waals surface area contributed by atoms with Crippen LogP contribution in [0.2, 0.25) is 0 Å². The van der Waals surface area contributed by atoms with Gasteiger partial charge in [0.1, 0.15) is 0 Å². The van der Waals surface area contributed by atoms with Crippen LogP contribution < -0.4 is 5.32 Å². The molecule has 2 N–H and O–H groups in total. The highest BCUT2D eigenvalue weighted by atomic mass is 32.1. The number of hydrogen-bond donors (Lipinski definition) is 2. The molecule has 1 saturated heterocycles. The lowest BCUT2D eigenvalue weighted by Gasteiger charge is -2.32. The van der Waals surface area contributed by atoms with Gasteiger partial charge >= 0.3 is 0 Å². The Labute approximate surface area is 130 Å². The van der Waals surface area contributed by atoms with Gasteiger partial charge in [-0.3, -0.25) is 4.79 Å². The molecule has 21 heavy (non-hydrogen) atoms. The minimum atomic E-state index is -0.509. The van der Waals surface area contributed by atoms with E-state index in [-0.39, 0.29) is 11.8 Å². The number of aryl methyl sites for hydroxylation is 3. The summed E-state index contributed by atoms with van der Waals surface area (Å²) >= 11 is 1.73. The Bertz CT molecular complexity index is 470. The van der Waals surface area contributed by atoms with Gasteiger partial charge in [-0.25, -0.2) is 4.98 Å². The van der Waals surface area contributed by atoms with E-state index in [2.05, 4.69) is 22.1 Å². The summed E-state index contributed by atoms with van der Waals surface area (Å²) in [5.74, 6) is -0.325. The first-order valence-corrected chi connectivity index (χ1v) is 8.36. The van der Waals surface area contributed by atoms with E-state index in [1.165, 1.54) is 4.88 Å². The molecule has 0 aromatic carbocycles. The van der Waals surface area contributed by atoms with Crippen molar-refractivity contribution in [2.75, 3.05) is 26.7 Å². The number of thiazole rings is 1. The molecule has 1 aliphatic heterocycles. The highest BCUT2D eigenvalue weighted by Crippen LogP contribution is 2.18. The summed E-state index contributed by atoms with van der Waals surface area (Å²) in [7, 11) is 1.99. The Morgan fingerprint density at radius 2 is 2.29 bits per heavy atom. The molecule has 0 saturated carbocycles. The summed E-state index contributed by atoms with van der Waals surface area (Å²) in [6.45, 7) is 6.24. The third-order valence-electron chi connectivity index (χ3n) is 4.06. The van der Waals surface area contributed by atoms with E-state index in [0.717, 1.165) is 30.1 Å². The number of amides is 1. The first kappa shape index (κ1) is 16.4. The van der Waals surface area contributed by atoms with Gasteiger partial charge in [0, 0.05) is 30.9 Å². The fourth-order valence-corrected chi connectivity index (χ4v) is 3.56. The Hall–Kier alpha value is -0.980. The molecule has 1 aromatic heterocycles. The Morgan fingerprint density at radius 3 is 2.95 bits per heavy atom. The molecular weight excluding hydrogens is 286 g/mol. The van der Waals surface area contributed by atoms with Gasteiger partial charge in [-0.15, -0.1) is 11.3 Å². The van der Waals surface area contributed by atoms with Crippen molar-refractivity contribution in [3.05, 3.63) is 15.6 Å². The first-order valence-electron chi connectivity index (χ1n) is 7.54. The van der Waals surface area contributed by atoms with Crippen molar-refractivity contribution >= 4 is 17.2 Å². The predicted molar refractivity (Wildman–Crippen MR) is 84.5 cm³/mol. The molecule has 5 nitrogen and oxygen atoms in total. The molecule has 2 rings (SSSR count). The lowest BCUT2D eigenvalue weighted by molar-refractivity contribution is -0.131.